The lowest BCUT2D eigenvalue weighted by atomic mass is 10.1. The summed E-state index contributed by atoms with van der Waals surface area (Å²) >= 11 is 0. The summed E-state index contributed by atoms with van der Waals surface area (Å²) < 4.78 is 0. The molecule has 0 atom stereocenters. The average Bonchev–Trinajstić information content (AvgIpc) is 2.03. The van der Waals surface area contributed by atoms with Crippen molar-refractivity contribution in [3.05, 3.63) is 23.8 Å². The van der Waals surface area contributed by atoms with E-state index in [9.17, 15) is 0 Å². The van der Waals surface area contributed by atoms with Crippen LogP contribution in [0.2, 0.25) is 0 Å². The molecule has 13 heavy (non-hydrogen) atoms. The van der Waals surface area contributed by atoms with E-state index < -0.39 is 0 Å². The average molecular weight is 178 g/mol. The van der Waals surface area contributed by atoms with Crippen molar-refractivity contribution in [3.8, 4) is 0 Å². The normalized spacial score (nSPS) is 9.92. The van der Waals surface area contributed by atoms with Crippen LogP contribution in [0.15, 0.2) is 18.2 Å². The van der Waals surface area contributed by atoms with Gasteiger partial charge in [0, 0.05) is 28.2 Å². The summed E-state index contributed by atoms with van der Waals surface area (Å²) in [5.41, 5.74) is 3.83. The van der Waals surface area contributed by atoms with Gasteiger partial charge in [0.05, 0.1) is 11.4 Å². The SMILES string of the molecule is Cc1ccc(N(C)C)c(N(C)C)c1. The molecule has 0 saturated heterocycles. The Kier molecular flexibility index (Phi) is 2.81. The summed E-state index contributed by atoms with van der Waals surface area (Å²) in [4.78, 5) is 4.27. The number of benzene rings is 1. The van der Waals surface area contributed by atoms with E-state index >= 15 is 0 Å². The zero-order valence-corrected chi connectivity index (χ0v) is 9.13. The van der Waals surface area contributed by atoms with Crippen LogP contribution in [-0.2, 0) is 0 Å². The quantitative estimate of drug-likeness (QED) is 0.684. The van der Waals surface area contributed by atoms with Crippen LogP contribution in [0.4, 0.5) is 11.4 Å². The van der Waals surface area contributed by atoms with Gasteiger partial charge in [-0.05, 0) is 24.6 Å². The fourth-order valence-corrected chi connectivity index (χ4v) is 1.37. The van der Waals surface area contributed by atoms with Crippen LogP contribution in [0, 0.1) is 6.92 Å². The molecule has 2 nitrogen and oxygen atoms in total. The maximum absolute atomic E-state index is 2.20. The molecule has 0 bridgehead atoms. The Hall–Kier alpha value is -1.18. The second kappa shape index (κ2) is 3.69. The third kappa shape index (κ3) is 2.14. The van der Waals surface area contributed by atoms with Gasteiger partial charge in [0.25, 0.3) is 0 Å². The van der Waals surface area contributed by atoms with Crippen LogP contribution in [0.25, 0.3) is 0 Å². The van der Waals surface area contributed by atoms with Crippen molar-refractivity contribution in [1.82, 2.24) is 0 Å². The fourth-order valence-electron chi connectivity index (χ4n) is 1.37. The maximum Gasteiger partial charge on any atom is 0.0601 e. The van der Waals surface area contributed by atoms with Gasteiger partial charge in [-0.2, -0.15) is 0 Å². The van der Waals surface area contributed by atoms with E-state index in [4.69, 9.17) is 0 Å². The molecular weight excluding hydrogens is 160 g/mol. The van der Waals surface area contributed by atoms with Crippen LogP contribution in [0.3, 0.4) is 0 Å². The van der Waals surface area contributed by atoms with Gasteiger partial charge in [0.15, 0.2) is 0 Å². The molecular formula is C11H18N2. The molecule has 0 amide bonds. The van der Waals surface area contributed by atoms with Gasteiger partial charge in [0.1, 0.15) is 0 Å². The first-order valence-electron chi connectivity index (χ1n) is 4.47. The van der Waals surface area contributed by atoms with Gasteiger partial charge in [0.2, 0.25) is 0 Å². The van der Waals surface area contributed by atoms with E-state index in [2.05, 4.69) is 63.1 Å². The summed E-state index contributed by atoms with van der Waals surface area (Å²) in [7, 11) is 8.28. The Morgan fingerprint density at radius 2 is 1.38 bits per heavy atom. The lowest BCUT2D eigenvalue weighted by molar-refractivity contribution is 1.07. The van der Waals surface area contributed by atoms with E-state index in [1.807, 2.05) is 0 Å². The highest BCUT2D eigenvalue weighted by molar-refractivity contribution is 5.71. The second-order valence-corrected chi connectivity index (χ2v) is 3.78. The molecule has 0 N–H and O–H groups in total. The predicted octanol–water partition coefficient (Wildman–Crippen LogP) is 2.13. The molecule has 1 aromatic rings. The highest BCUT2D eigenvalue weighted by Crippen LogP contribution is 2.27. The molecule has 0 aromatic heterocycles. The lowest BCUT2D eigenvalue weighted by Crippen LogP contribution is -2.16. The summed E-state index contributed by atoms with van der Waals surface area (Å²) in [6.07, 6.45) is 0. The molecule has 72 valence electrons. The first-order valence-corrected chi connectivity index (χ1v) is 4.47. The minimum Gasteiger partial charge on any atom is -0.376 e. The molecule has 0 radical (unpaired) electrons. The largest absolute Gasteiger partial charge is 0.376 e. The van der Waals surface area contributed by atoms with Gasteiger partial charge in [-0.3, -0.25) is 0 Å². The topological polar surface area (TPSA) is 6.48 Å². The van der Waals surface area contributed by atoms with E-state index in [0.29, 0.717) is 0 Å². The van der Waals surface area contributed by atoms with Crippen molar-refractivity contribution < 1.29 is 0 Å². The third-order valence-electron chi connectivity index (χ3n) is 2.09. The van der Waals surface area contributed by atoms with E-state index in [0.717, 1.165) is 0 Å². The monoisotopic (exact) mass is 178 g/mol. The summed E-state index contributed by atoms with van der Waals surface area (Å²) in [5.74, 6) is 0. The molecule has 0 heterocycles. The minimum absolute atomic E-state index is 1.26. The summed E-state index contributed by atoms with van der Waals surface area (Å²) in [5, 5.41) is 0. The fraction of sp³-hybridized carbons (Fsp3) is 0.455. The first kappa shape index (κ1) is 9.90. The molecule has 0 unspecified atom stereocenters. The molecule has 0 fully saturated rings. The van der Waals surface area contributed by atoms with Crippen molar-refractivity contribution in [3.63, 3.8) is 0 Å². The Labute approximate surface area is 80.8 Å². The molecule has 0 aliphatic rings. The molecule has 1 rings (SSSR count). The molecule has 0 aliphatic heterocycles. The second-order valence-electron chi connectivity index (χ2n) is 3.78. The van der Waals surface area contributed by atoms with Crippen molar-refractivity contribution in [2.45, 2.75) is 6.92 Å². The van der Waals surface area contributed by atoms with Gasteiger partial charge in [-0.1, -0.05) is 6.07 Å². The number of hydrogen-bond acceptors (Lipinski definition) is 2. The van der Waals surface area contributed by atoms with Gasteiger partial charge in [-0.15, -0.1) is 0 Å². The van der Waals surface area contributed by atoms with E-state index in [1.54, 1.807) is 0 Å². The van der Waals surface area contributed by atoms with Crippen molar-refractivity contribution >= 4 is 11.4 Å². The third-order valence-corrected chi connectivity index (χ3v) is 2.09. The summed E-state index contributed by atoms with van der Waals surface area (Å²) in [6.45, 7) is 2.12. The molecule has 1 aromatic carbocycles. The van der Waals surface area contributed by atoms with E-state index in [1.165, 1.54) is 16.9 Å². The van der Waals surface area contributed by atoms with Gasteiger partial charge < -0.3 is 9.80 Å². The van der Waals surface area contributed by atoms with Crippen LogP contribution in [0.1, 0.15) is 5.56 Å². The van der Waals surface area contributed by atoms with Crippen molar-refractivity contribution in [2.24, 2.45) is 0 Å². The highest BCUT2D eigenvalue weighted by Gasteiger charge is 2.05. The Morgan fingerprint density at radius 3 is 1.85 bits per heavy atom. The number of aryl methyl sites for hydroxylation is 1. The highest BCUT2D eigenvalue weighted by atomic mass is 15.1. The number of nitrogens with zero attached hydrogens (tertiary/aromatic N) is 2. The van der Waals surface area contributed by atoms with Crippen LogP contribution in [-0.4, -0.2) is 28.2 Å². The van der Waals surface area contributed by atoms with Crippen molar-refractivity contribution in [1.29, 1.82) is 0 Å². The van der Waals surface area contributed by atoms with Crippen molar-refractivity contribution in [2.75, 3.05) is 38.0 Å². The molecule has 2 heteroatoms. The van der Waals surface area contributed by atoms with Crippen LogP contribution < -0.4 is 9.80 Å². The molecule has 0 spiro atoms. The molecule has 0 saturated carbocycles. The standard InChI is InChI=1S/C11H18N2/c1-9-6-7-10(12(2)3)11(8-9)13(4)5/h6-8H,1-5H3. The zero-order chi connectivity index (χ0) is 10.0. The minimum atomic E-state index is 1.26. The maximum atomic E-state index is 2.20. The number of hydrogen-bond donors (Lipinski definition) is 0. The Bertz CT molecular complexity index is 290. The smallest absolute Gasteiger partial charge is 0.0601 e. The van der Waals surface area contributed by atoms with Gasteiger partial charge in [-0.25, -0.2) is 0 Å². The number of rotatable bonds is 2. The van der Waals surface area contributed by atoms with E-state index in [-0.39, 0.29) is 0 Å². The predicted molar refractivity (Wildman–Crippen MR) is 59.8 cm³/mol. The zero-order valence-electron chi connectivity index (χ0n) is 9.13. The Morgan fingerprint density at radius 1 is 0.846 bits per heavy atom. The van der Waals surface area contributed by atoms with Crippen LogP contribution in [0.5, 0.6) is 0 Å². The number of anilines is 2. The molecule has 0 aliphatic carbocycles. The van der Waals surface area contributed by atoms with Crippen LogP contribution >= 0.6 is 0 Å². The lowest BCUT2D eigenvalue weighted by Gasteiger charge is -2.22. The summed E-state index contributed by atoms with van der Waals surface area (Å²) in [6, 6.07) is 6.50. The first-order chi connectivity index (χ1) is 6.02. The van der Waals surface area contributed by atoms with Gasteiger partial charge >= 0.3 is 0 Å². The Balaban J connectivity index is 3.19.